The fourth-order valence-corrected chi connectivity index (χ4v) is 5.89. The Kier molecular flexibility index (Phi) is 6.21. The highest BCUT2D eigenvalue weighted by atomic mass is 32.2. The first-order valence-corrected chi connectivity index (χ1v) is 11.1. The predicted octanol–water partition coefficient (Wildman–Crippen LogP) is 1.01. The third kappa shape index (κ3) is 4.29. The van der Waals surface area contributed by atoms with E-state index in [-0.39, 0.29) is 35.3 Å². The number of sulfone groups is 1. The number of ether oxygens (including phenoxy) is 2. The molecule has 1 saturated carbocycles. The van der Waals surface area contributed by atoms with Crippen LogP contribution in [0.1, 0.15) is 32.6 Å². The molecule has 4 atom stereocenters. The van der Waals surface area contributed by atoms with Gasteiger partial charge in [0, 0.05) is 6.54 Å². The second kappa shape index (κ2) is 8.46. The van der Waals surface area contributed by atoms with Crippen LogP contribution < -0.4 is 0 Å². The van der Waals surface area contributed by atoms with Gasteiger partial charge in [-0.15, -0.1) is 0 Å². The normalized spacial score (nSPS) is 27.7. The molecule has 10 nitrogen and oxygen atoms in total. The van der Waals surface area contributed by atoms with Crippen LogP contribution in [0.25, 0.3) is 0 Å². The quantitative estimate of drug-likeness (QED) is 0.706. The summed E-state index contributed by atoms with van der Waals surface area (Å²) in [6.45, 7) is 2.37. The van der Waals surface area contributed by atoms with Gasteiger partial charge in [-0.05, 0) is 50.4 Å². The number of esters is 1. The number of aromatic nitrogens is 3. The van der Waals surface area contributed by atoms with E-state index in [2.05, 4.69) is 15.2 Å². The number of nitrogens with one attached hydrogen (secondary N) is 1. The highest BCUT2D eigenvalue weighted by molar-refractivity contribution is 7.91. The van der Waals surface area contributed by atoms with Crippen molar-refractivity contribution in [3.63, 3.8) is 0 Å². The van der Waals surface area contributed by atoms with Crippen LogP contribution in [-0.2, 0) is 24.1 Å². The summed E-state index contributed by atoms with van der Waals surface area (Å²) in [6.07, 6.45) is 3.32. The van der Waals surface area contributed by atoms with Crippen molar-refractivity contribution in [1.29, 1.82) is 0 Å². The lowest BCUT2D eigenvalue weighted by atomic mass is 9.69. The zero-order chi connectivity index (χ0) is 20.3. The molecule has 3 rings (SSSR count). The third-order valence-electron chi connectivity index (χ3n) is 5.69. The van der Waals surface area contributed by atoms with Gasteiger partial charge in [0.05, 0.1) is 19.5 Å². The average molecular weight is 414 g/mol. The van der Waals surface area contributed by atoms with Crippen LogP contribution in [0, 0.1) is 17.8 Å². The Bertz CT molecular complexity index is 797. The molecule has 2 heterocycles. The molecule has 0 radical (unpaired) electrons. The molecule has 1 aromatic rings. The summed E-state index contributed by atoms with van der Waals surface area (Å²) in [7, 11) is -2.23. The number of hydrogen-bond acceptors (Lipinski definition) is 8. The Hall–Kier alpha value is -2.17. The molecule has 0 aromatic carbocycles. The monoisotopic (exact) mass is 414 g/mol. The zero-order valence-corrected chi connectivity index (χ0v) is 16.9. The maximum absolute atomic E-state index is 12.5. The van der Waals surface area contributed by atoms with Crippen LogP contribution in [0.5, 0.6) is 0 Å². The number of carbonyl (C=O) groups excluding carboxylic acids is 2. The van der Waals surface area contributed by atoms with Crippen LogP contribution in [0.3, 0.4) is 0 Å². The molecule has 0 bridgehead atoms. The number of carbonyl (C=O) groups is 2. The molecule has 1 aliphatic heterocycles. The molecule has 1 aliphatic carbocycles. The smallest absolute Gasteiger partial charge is 0.410 e. The van der Waals surface area contributed by atoms with Crippen LogP contribution >= 0.6 is 0 Å². The average Bonchev–Trinajstić information content (AvgIpc) is 3.22. The number of amides is 1. The van der Waals surface area contributed by atoms with E-state index in [1.807, 2.05) is 0 Å². The van der Waals surface area contributed by atoms with Gasteiger partial charge in [0.1, 0.15) is 12.4 Å². The summed E-state index contributed by atoms with van der Waals surface area (Å²) in [6, 6.07) is -0.696. The molecule has 28 heavy (non-hydrogen) atoms. The fourth-order valence-electron chi connectivity index (χ4n) is 4.41. The highest BCUT2D eigenvalue weighted by Crippen LogP contribution is 2.42. The standard InChI is InChI=1S/C17H26N4O6S/c1-3-27-15(22)14-7-13-6-11(9-28(24,25)16-18-10-19-20-16)4-5-12(13)8-21(14)17(23)26-2/h10-14H,3-9H2,1-2H3,(H,18,19,20)/t11-,12-,13+,14-/m0/s1. The van der Waals surface area contributed by atoms with E-state index in [1.165, 1.54) is 18.3 Å². The number of hydrogen-bond donors (Lipinski definition) is 1. The van der Waals surface area contributed by atoms with E-state index in [1.54, 1.807) is 6.92 Å². The SMILES string of the molecule is CCOC(=O)[C@@H]1C[C@H]2C[C@@H](CS(=O)(=O)c3ncn[nH]3)CC[C@H]2CN1C(=O)OC. The van der Waals surface area contributed by atoms with Gasteiger partial charge >= 0.3 is 12.1 Å². The minimum atomic E-state index is -3.53. The maximum Gasteiger partial charge on any atom is 0.410 e. The fraction of sp³-hybridized carbons (Fsp3) is 0.765. The van der Waals surface area contributed by atoms with Crippen molar-refractivity contribution in [1.82, 2.24) is 20.1 Å². The van der Waals surface area contributed by atoms with E-state index in [0.29, 0.717) is 19.4 Å². The molecule has 2 aliphatic rings. The minimum absolute atomic E-state index is 0.00377. The first-order chi connectivity index (χ1) is 13.4. The van der Waals surface area contributed by atoms with Crippen molar-refractivity contribution >= 4 is 21.9 Å². The number of piperidine rings is 1. The number of fused-ring (bicyclic) bond motifs is 1. The topological polar surface area (TPSA) is 132 Å². The largest absolute Gasteiger partial charge is 0.464 e. The van der Waals surface area contributed by atoms with E-state index < -0.39 is 27.9 Å². The van der Waals surface area contributed by atoms with Gasteiger partial charge in [0.15, 0.2) is 0 Å². The Morgan fingerprint density at radius 2 is 2.07 bits per heavy atom. The summed E-state index contributed by atoms with van der Waals surface area (Å²) < 4.78 is 34.9. The minimum Gasteiger partial charge on any atom is -0.464 e. The summed E-state index contributed by atoms with van der Waals surface area (Å²) in [5, 5.41) is 5.92. The molecule has 0 unspecified atom stereocenters. The van der Waals surface area contributed by atoms with Crippen molar-refractivity contribution in [2.24, 2.45) is 17.8 Å². The molecule has 0 spiro atoms. The van der Waals surface area contributed by atoms with Crippen LogP contribution in [0.15, 0.2) is 11.5 Å². The number of H-pyrrole nitrogens is 1. The number of methoxy groups -OCH3 is 1. The van der Waals surface area contributed by atoms with Crippen molar-refractivity contribution in [3.05, 3.63) is 6.33 Å². The van der Waals surface area contributed by atoms with Gasteiger partial charge in [-0.3, -0.25) is 10.00 Å². The summed E-state index contributed by atoms with van der Waals surface area (Å²) in [5.41, 5.74) is 0. The van der Waals surface area contributed by atoms with Gasteiger partial charge in [-0.2, -0.15) is 5.10 Å². The molecule has 156 valence electrons. The number of rotatable bonds is 5. The Labute approximate surface area is 163 Å². The first kappa shape index (κ1) is 20.6. The molecule has 1 amide bonds. The van der Waals surface area contributed by atoms with Gasteiger partial charge in [-0.1, -0.05) is 0 Å². The lowest BCUT2D eigenvalue weighted by molar-refractivity contribution is -0.152. The molecule has 1 aromatic heterocycles. The lowest BCUT2D eigenvalue weighted by Crippen LogP contribution is -2.55. The Morgan fingerprint density at radius 3 is 2.71 bits per heavy atom. The summed E-state index contributed by atoms with van der Waals surface area (Å²) in [5.74, 6) is -0.101. The second-order valence-corrected chi connectivity index (χ2v) is 9.35. The van der Waals surface area contributed by atoms with Crippen LogP contribution in [0.4, 0.5) is 4.79 Å². The van der Waals surface area contributed by atoms with Crippen LogP contribution in [0.2, 0.25) is 0 Å². The van der Waals surface area contributed by atoms with E-state index in [9.17, 15) is 18.0 Å². The summed E-state index contributed by atoms with van der Waals surface area (Å²) in [4.78, 5) is 29.7. The molecule has 1 saturated heterocycles. The van der Waals surface area contributed by atoms with Gasteiger partial charge in [-0.25, -0.2) is 23.0 Å². The Morgan fingerprint density at radius 1 is 1.29 bits per heavy atom. The predicted molar refractivity (Wildman–Crippen MR) is 96.9 cm³/mol. The number of likely N-dealkylation sites (tertiary alicyclic amines) is 1. The molecule has 1 N–H and O–H groups in total. The van der Waals surface area contributed by atoms with Crippen molar-refractivity contribution in [3.8, 4) is 0 Å². The van der Waals surface area contributed by atoms with E-state index >= 15 is 0 Å². The third-order valence-corrected chi connectivity index (χ3v) is 7.39. The van der Waals surface area contributed by atoms with Gasteiger partial charge < -0.3 is 9.47 Å². The molecular weight excluding hydrogens is 388 g/mol. The number of aromatic amines is 1. The van der Waals surface area contributed by atoms with Crippen molar-refractivity contribution < 1.29 is 27.5 Å². The lowest BCUT2D eigenvalue weighted by Gasteiger charge is -2.46. The number of nitrogens with zero attached hydrogens (tertiary/aromatic N) is 3. The van der Waals surface area contributed by atoms with Crippen molar-refractivity contribution in [2.45, 2.75) is 43.8 Å². The zero-order valence-electron chi connectivity index (χ0n) is 16.0. The molecule has 11 heteroatoms. The van der Waals surface area contributed by atoms with E-state index in [4.69, 9.17) is 9.47 Å². The maximum atomic E-state index is 12.5. The molecular formula is C17H26N4O6S. The van der Waals surface area contributed by atoms with Gasteiger partial charge in [0.25, 0.3) is 0 Å². The second-order valence-electron chi connectivity index (χ2n) is 7.40. The first-order valence-electron chi connectivity index (χ1n) is 9.45. The van der Waals surface area contributed by atoms with Gasteiger partial charge in [0.2, 0.25) is 15.0 Å². The van der Waals surface area contributed by atoms with Crippen LogP contribution in [-0.4, -0.2) is 72.6 Å². The van der Waals surface area contributed by atoms with E-state index in [0.717, 1.165) is 12.8 Å². The molecule has 2 fully saturated rings. The highest BCUT2D eigenvalue weighted by Gasteiger charge is 2.45. The Balaban J connectivity index is 1.70. The van der Waals surface area contributed by atoms with Crippen molar-refractivity contribution in [2.75, 3.05) is 26.0 Å². The summed E-state index contributed by atoms with van der Waals surface area (Å²) >= 11 is 0.